The predicted molar refractivity (Wildman–Crippen MR) is 55.3 cm³/mol. The molecular weight excluding hydrogens is 156 g/mol. The molecule has 13 heavy (non-hydrogen) atoms. The highest BCUT2D eigenvalue weighted by molar-refractivity contribution is 5.23. The Kier molecular flexibility index (Phi) is 1.65. The Morgan fingerprint density at radius 1 is 1.31 bits per heavy atom. The lowest BCUT2D eigenvalue weighted by Crippen LogP contribution is -2.25. The van der Waals surface area contributed by atoms with Crippen LogP contribution in [0.3, 0.4) is 0 Å². The highest BCUT2D eigenvalue weighted by Gasteiger charge is 2.42. The molecule has 0 radical (unpaired) electrons. The minimum absolute atomic E-state index is 0.949. The Morgan fingerprint density at radius 2 is 2.23 bits per heavy atom. The van der Waals surface area contributed by atoms with Gasteiger partial charge < -0.3 is 0 Å². The highest BCUT2D eigenvalue weighted by Crippen LogP contribution is 2.52. The molecule has 0 aliphatic heterocycles. The normalized spacial score (nSPS) is 46.4. The molecule has 4 unspecified atom stereocenters. The molecule has 4 atom stereocenters. The molecule has 0 amide bonds. The molecule has 3 aliphatic carbocycles. The molecule has 0 heteroatoms. The predicted octanol–water partition coefficient (Wildman–Crippen LogP) is 3.55. The second kappa shape index (κ2) is 2.73. The number of hydrogen-bond acceptors (Lipinski definition) is 0. The van der Waals surface area contributed by atoms with Crippen molar-refractivity contribution in [2.75, 3.05) is 0 Å². The van der Waals surface area contributed by atoms with Gasteiger partial charge in [0.15, 0.2) is 0 Å². The molecule has 0 saturated heterocycles. The molecule has 0 N–H and O–H groups in total. The van der Waals surface area contributed by atoms with Crippen molar-refractivity contribution in [2.45, 2.75) is 32.6 Å². The SMILES string of the molecule is CCC1=CCC1C1CC2C=CC1C2. The molecule has 3 aliphatic rings. The van der Waals surface area contributed by atoms with Gasteiger partial charge in [-0.1, -0.05) is 30.7 Å². The van der Waals surface area contributed by atoms with Crippen LogP contribution in [-0.4, -0.2) is 0 Å². The van der Waals surface area contributed by atoms with Crippen LogP contribution in [0, 0.1) is 23.7 Å². The highest BCUT2D eigenvalue weighted by atomic mass is 14.5. The first kappa shape index (κ1) is 7.84. The second-order valence-electron chi connectivity index (χ2n) is 4.92. The quantitative estimate of drug-likeness (QED) is 0.561. The van der Waals surface area contributed by atoms with Crippen LogP contribution in [0.15, 0.2) is 23.8 Å². The standard InChI is InChI=1S/C13H18/c1-2-10-5-6-12(10)13-8-9-3-4-11(13)7-9/h3-5,9,11-13H,2,6-8H2,1H3. The Labute approximate surface area is 80.7 Å². The third-order valence-corrected chi connectivity index (χ3v) is 4.37. The van der Waals surface area contributed by atoms with Gasteiger partial charge in [-0.3, -0.25) is 0 Å². The number of allylic oxidation sites excluding steroid dienone is 4. The summed E-state index contributed by atoms with van der Waals surface area (Å²) in [7, 11) is 0. The van der Waals surface area contributed by atoms with E-state index in [1.165, 1.54) is 25.7 Å². The van der Waals surface area contributed by atoms with Gasteiger partial charge in [-0.2, -0.15) is 0 Å². The molecular formula is C13H18. The third-order valence-electron chi connectivity index (χ3n) is 4.37. The molecule has 0 nitrogen and oxygen atoms in total. The lowest BCUT2D eigenvalue weighted by molar-refractivity contribution is 0.299. The van der Waals surface area contributed by atoms with Crippen LogP contribution in [0.5, 0.6) is 0 Å². The molecule has 0 spiro atoms. The van der Waals surface area contributed by atoms with E-state index in [1.54, 1.807) is 5.57 Å². The molecule has 0 heterocycles. The fourth-order valence-electron chi connectivity index (χ4n) is 3.56. The lowest BCUT2D eigenvalue weighted by atomic mass is 9.70. The van der Waals surface area contributed by atoms with Crippen LogP contribution in [0.25, 0.3) is 0 Å². The van der Waals surface area contributed by atoms with Gasteiger partial charge in [0.05, 0.1) is 0 Å². The van der Waals surface area contributed by atoms with Crippen molar-refractivity contribution in [1.29, 1.82) is 0 Å². The topological polar surface area (TPSA) is 0 Å². The van der Waals surface area contributed by atoms with E-state index in [0.29, 0.717) is 0 Å². The maximum Gasteiger partial charge on any atom is -0.0134 e. The van der Waals surface area contributed by atoms with Crippen molar-refractivity contribution in [3.63, 3.8) is 0 Å². The number of fused-ring (bicyclic) bond motifs is 2. The van der Waals surface area contributed by atoms with Crippen molar-refractivity contribution in [3.8, 4) is 0 Å². The van der Waals surface area contributed by atoms with Crippen LogP contribution in [0.1, 0.15) is 32.6 Å². The smallest absolute Gasteiger partial charge is 0.0134 e. The summed E-state index contributed by atoms with van der Waals surface area (Å²) in [6.45, 7) is 2.31. The Hall–Kier alpha value is -0.520. The van der Waals surface area contributed by atoms with Crippen LogP contribution in [-0.2, 0) is 0 Å². The van der Waals surface area contributed by atoms with E-state index >= 15 is 0 Å². The van der Waals surface area contributed by atoms with Crippen LogP contribution < -0.4 is 0 Å². The molecule has 0 aromatic heterocycles. The van der Waals surface area contributed by atoms with Crippen molar-refractivity contribution >= 4 is 0 Å². The van der Waals surface area contributed by atoms with E-state index in [9.17, 15) is 0 Å². The summed E-state index contributed by atoms with van der Waals surface area (Å²) in [5.74, 6) is 3.90. The third kappa shape index (κ3) is 1.04. The monoisotopic (exact) mass is 174 g/mol. The summed E-state index contributed by atoms with van der Waals surface area (Å²) < 4.78 is 0. The zero-order valence-electron chi connectivity index (χ0n) is 8.37. The Bertz CT molecular complexity index is 272. The van der Waals surface area contributed by atoms with Gasteiger partial charge in [0.25, 0.3) is 0 Å². The molecule has 1 fully saturated rings. The average Bonchev–Trinajstić information content (AvgIpc) is 2.63. The fourth-order valence-corrected chi connectivity index (χ4v) is 3.56. The van der Waals surface area contributed by atoms with Crippen molar-refractivity contribution in [1.82, 2.24) is 0 Å². The van der Waals surface area contributed by atoms with E-state index < -0.39 is 0 Å². The summed E-state index contributed by atoms with van der Waals surface area (Å²) >= 11 is 0. The molecule has 2 bridgehead atoms. The largest absolute Gasteiger partial charge is 0.0851 e. The van der Waals surface area contributed by atoms with Gasteiger partial charge in [-0.25, -0.2) is 0 Å². The average molecular weight is 174 g/mol. The molecule has 3 rings (SSSR count). The first-order valence-corrected chi connectivity index (χ1v) is 5.75. The maximum absolute atomic E-state index is 2.49. The summed E-state index contributed by atoms with van der Waals surface area (Å²) in [5, 5.41) is 0. The van der Waals surface area contributed by atoms with Gasteiger partial charge in [0.2, 0.25) is 0 Å². The molecule has 1 saturated carbocycles. The van der Waals surface area contributed by atoms with E-state index in [2.05, 4.69) is 25.2 Å². The van der Waals surface area contributed by atoms with E-state index in [0.717, 1.165) is 23.7 Å². The summed E-state index contributed by atoms with van der Waals surface area (Å²) in [6.07, 6.45) is 13.0. The molecule has 0 aromatic carbocycles. The minimum Gasteiger partial charge on any atom is -0.0851 e. The van der Waals surface area contributed by atoms with Crippen LogP contribution >= 0.6 is 0 Å². The zero-order valence-corrected chi connectivity index (χ0v) is 8.37. The molecule has 0 aromatic rings. The van der Waals surface area contributed by atoms with Crippen molar-refractivity contribution in [3.05, 3.63) is 23.8 Å². The van der Waals surface area contributed by atoms with E-state index in [-0.39, 0.29) is 0 Å². The van der Waals surface area contributed by atoms with E-state index in [1.807, 2.05) is 0 Å². The van der Waals surface area contributed by atoms with Crippen LogP contribution in [0.2, 0.25) is 0 Å². The Balaban J connectivity index is 1.75. The second-order valence-corrected chi connectivity index (χ2v) is 4.92. The maximum atomic E-state index is 2.49. The first-order chi connectivity index (χ1) is 6.38. The fraction of sp³-hybridized carbons (Fsp3) is 0.692. The van der Waals surface area contributed by atoms with Gasteiger partial charge in [0.1, 0.15) is 0 Å². The number of hydrogen-bond donors (Lipinski definition) is 0. The van der Waals surface area contributed by atoms with Crippen molar-refractivity contribution in [2.24, 2.45) is 23.7 Å². The van der Waals surface area contributed by atoms with Gasteiger partial charge in [-0.15, -0.1) is 0 Å². The summed E-state index contributed by atoms with van der Waals surface area (Å²) in [5.41, 5.74) is 1.76. The molecule has 70 valence electrons. The Morgan fingerprint density at radius 3 is 2.69 bits per heavy atom. The number of rotatable bonds is 2. The first-order valence-electron chi connectivity index (χ1n) is 5.75. The van der Waals surface area contributed by atoms with Gasteiger partial charge in [0, 0.05) is 0 Å². The summed E-state index contributed by atoms with van der Waals surface area (Å²) in [6, 6.07) is 0. The van der Waals surface area contributed by atoms with Crippen molar-refractivity contribution < 1.29 is 0 Å². The van der Waals surface area contributed by atoms with E-state index in [4.69, 9.17) is 0 Å². The lowest BCUT2D eigenvalue weighted by Gasteiger charge is -2.35. The van der Waals surface area contributed by atoms with Crippen LogP contribution in [0.4, 0.5) is 0 Å². The summed E-state index contributed by atoms with van der Waals surface area (Å²) in [4.78, 5) is 0. The van der Waals surface area contributed by atoms with Gasteiger partial charge in [-0.05, 0) is 49.4 Å². The minimum atomic E-state index is 0.949. The van der Waals surface area contributed by atoms with Gasteiger partial charge >= 0.3 is 0 Å². The zero-order chi connectivity index (χ0) is 8.84.